The summed E-state index contributed by atoms with van der Waals surface area (Å²) in [5.74, 6) is 6.22. The maximum atomic E-state index is 5.71. The molecule has 0 saturated carbocycles. The fourth-order valence-corrected chi connectivity index (χ4v) is 1.80. The highest BCUT2D eigenvalue weighted by Crippen LogP contribution is 2.23. The number of hydrogen-bond acceptors (Lipinski definition) is 7. The summed E-state index contributed by atoms with van der Waals surface area (Å²) in [4.78, 5) is 8.50. The van der Waals surface area contributed by atoms with Crippen LogP contribution in [0.25, 0.3) is 10.9 Å². The number of nitrogens with zero attached hydrogens (tertiary/aromatic N) is 2. The first-order valence-corrected chi connectivity index (χ1v) is 6.78. The van der Waals surface area contributed by atoms with Crippen molar-refractivity contribution in [1.82, 2.24) is 9.97 Å². The highest BCUT2D eigenvalue weighted by Gasteiger charge is 2.07. The number of benzene rings is 1. The van der Waals surface area contributed by atoms with Crippen molar-refractivity contribution in [1.29, 1.82) is 0 Å². The van der Waals surface area contributed by atoms with Gasteiger partial charge in [0.15, 0.2) is 0 Å². The van der Waals surface area contributed by atoms with E-state index in [0.29, 0.717) is 38.3 Å². The molecule has 0 aliphatic carbocycles. The van der Waals surface area contributed by atoms with Crippen LogP contribution in [-0.2, 0) is 9.47 Å². The Labute approximate surface area is 123 Å². The van der Waals surface area contributed by atoms with E-state index in [-0.39, 0.29) is 0 Å². The molecule has 0 bridgehead atoms. The number of rotatable bonds is 9. The second-order valence-electron chi connectivity index (χ2n) is 4.32. The average Bonchev–Trinajstić information content (AvgIpc) is 2.53. The van der Waals surface area contributed by atoms with Crippen LogP contribution in [0.3, 0.4) is 0 Å². The van der Waals surface area contributed by atoms with E-state index in [1.807, 2.05) is 24.3 Å². The van der Waals surface area contributed by atoms with Crippen molar-refractivity contribution in [2.24, 2.45) is 5.84 Å². The van der Waals surface area contributed by atoms with E-state index in [4.69, 9.17) is 20.1 Å². The molecule has 114 valence electrons. The number of anilines is 1. The fourth-order valence-electron chi connectivity index (χ4n) is 1.80. The molecular weight excluding hydrogens is 272 g/mol. The van der Waals surface area contributed by atoms with Crippen LogP contribution in [0.2, 0.25) is 0 Å². The molecule has 0 amide bonds. The molecule has 0 radical (unpaired) electrons. The molecule has 0 atom stereocenters. The number of para-hydroxylation sites is 1. The lowest BCUT2D eigenvalue weighted by Crippen LogP contribution is -2.12. The Morgan fingerprint density at radius 2 is 1.95 bits per heavy atom. The number of nitrogens with two attached hydrogens (primary N) is 1. The Morgan fingerprint density at radius 1 is 1.10 bits per heavy atom. The summed E-state index contributed by atoms with van der Waals surface area (Å²) in [5, 5.41) is 0.858. The van der Waals surface area contributed by atoms with Crippen molar-refractivity contribution in [3.05, 3.63) is 24.3 Å². The van der Waals surface area contributed by atoms with Crippen molar-refractivity contribution in [3.63, 3.8) is 0 Å². The Balaban J connectivity index is 1.91. The van der Waals surface area contributed by atoms with E-state index in [9.17, 15) is 0 Å². The van der Waals surface area contributed by atoms with Gasteiger partial charge in [-0.15, -0.1) is 0 Å². The first-order chi connectivity index (χ1) is 10.3. The van der Waals surface area contributed by atoms with Gasteiger partial charge in [0.1, 0.15) is 0 Å². The Bertz CT molecular complexity index is 565. The Morgan fingerprint density at radius 3 is 2.76 bits per heavy atom. The van der Waals surface area contributed by atoms with Crippen molar-refractivity contribution in [2.45, 2.75) is 6.42 Å². The van der Waals surface area contributed by atoms with Gasteiger partial charge in [-0.3, -0.25) is 5.43 Å². The van der Waals surface area contributed by atoms with Gasteiger partial charge in [-0.1, -0.05) is 12.1 Å². The third-order valence-corrected chi connectivity index (χ3v) is 2.80. The van der Waals surface area contributed by atoms with Crippen LogP contribution in [0.5, 0.6) is 5.88 Å². The minimum Gasteiger partial charge on any atom is -0.477 e. The van der Waals surface area contributed by atoms with Crippen LogP contribution in [0.1, 0.15) is 6.42 Å². The summed E-state index contributed by atoms with van der Waals surface area (Å²) in [7, 11) is 1.65. The lowest BCUT2D eigenvalue weighted by molar-refractivity contribution is 0.0643. The van der Waals surface area contributed by atoms with Gasteiger partial charge in [0, 0.05) is 20.1 Å². The van der Waals surface area contributed by atoms with E-state index < -0.39 is 0 Å². The number of methoxy groups -OCH3 is 1. The van der Waals surface area contributed by atoms with Gasteiger partial charge in [0.25, 0.3) is 0 Å². The van der Waals surface area contributed by atoms with Crippen molar-refractivity contribution in [2.75, 3.05) is 39.0 Å². The maximum Gasteiger partial charge on any atom is 0.241 e. The van der Waals surface area contributed by atoms with Crippen LogP contribution in [-0.4, -0.2) is 43.5 Å². The van der Waals surface area contributed by atoms with E-state index in [1.165, 1.54) is 0 Å². The summed E-state index contributed by atoms with van der Waals surface area (Å²) in [6.45, 7) is 2.32. The molecule has 21 heavy (non-hydrogen) atoms. The van der Waals surface area contributed by atoms with Gasteiger partial charge in [-0.2, -0.15) is 4.98 Å². The van der Waals surface area contributed by atoms with Gasteiger partial charge in [-0.05, 0) is 12.1 Å². The van der Waals surface area contributed by atoms with E-state index in [2.05, 4.69) is 15.4 Å². The molecule has 0 fully saturated rings. The third kappa shape index (κ3) is 4.52. The minimum atomic E-state index is 0.333. The summed E-state index contributed by atoms with van der Waals surface area (Å²) < 4.78 is 16.0. The molecule has 1 heterocycles. The largest absolute Gasteiger partial charge is 0.477 e. The van der Waals surface area contributed by atoms with Crippen LogP contribution < -0.4 is 16.0 Å². The first-order valence-electron chi connectivity index (χ1n) is 6.78. The number of hydrazine groups is 1. The highest BCUT2D eigenvalue weighted by atomic mass is 16.5. The van der Waals surface area contributed by atoms with Gasteiger partial charge in [-0.25, -0.2) is 10.8 Å². The summed E-state index contributed by atoms with van der Waals surface area (Å²) in [6, 6.07) is 7.63. The molecule has 0 unspecified atom stereocenters. The number of hydrogen-bond donors (Lipinski definition) is 2. The van der Waals surface area contributed by atoms with E-state index >= 15 is 0 Å². The highest BCUT2D eigenvalue weighted by molar-refractivity contribution is 5.84. The Kier molecular flexibility index (Phi) is 6.14. The lowest BCUT2D eigenvalue weighted by atomic mass is 10.2. The number of ether oxygens (including phenoxy) is 3. The van der Waals surface area contributed by atoms with Crippen molar-refractivity contribution >= 4 is 16.9 Å². The second-order valence-corrected chi connectivity index (χ2v) is 4.32. The zero-order valence-electron chi connectivity index (χ0n) is 12.0. The van der Waals surface area contributed by atoms with Gasteiger partial charge < -0.3 is 14.2 Å². The predicted molar refractivity (Wildman–Crippen MR) is 80.2 cm³/mol. The zero-order valence-corrected chi connectivity index (χ0v) is 12.0. The summed E-state index contributed by atoms with van der Waals surface area (Å²) in [6.07, 6.45) is 0.771. The molecule has 0 aliphatic rings. The van der Waals surface area contributed by atoms with Crippen LogP contribution >= 0.6 is 0 Å². The molecule has 0 aliphatic heterocycles. The van der Waals surface area contributed by atoms with Crippen LogP contribution in [0.4, 0.5) is 5.95 Å². The van der Waals surface area contributed by atoms with Gasteiger partial charge >= 0.3 is 0 Å². The van der Waals surface area contributed by atoms with Crippen molar-refractivity contribution in [3.8, 4) is 5.88 Å². The van der Waals surface area contributed by atoms with Crippen molar-refractivity contribution < 1.29 is 14.2 Å². The molecule has 0 saturated heterocycles. The molecular formula is C14H20N4O3. The molecule has 0 spiro atoms. The van der Waals surface area contributed by atoms with E-state index in [0.717, 1.165) is 17.3 Å². The number of aromatic nitrogens is 2. The summed E-state index contributed by atoms with van der Waals surface area (Å²) >= 11 is 0. The molecule has 7 heteroatoms. The Hall–Kier alpha value is -1.96. The first kappa shape index (κ1) is 15.4. The quantitative estimate of drug-likeness (QED) is 0.409. The molecule has 7 nitrogen and oxygen atoms in total. The lowest BCUT2D eigenvalue weighted by Gasteiger charge is -2.10. The predicted octanol–water partition coefficient (Wildman–Crippen LogP) is 1.35. The van der Waals surface area contributed by atoms with Crippen LogP contribution in [0.15, 0.2) is 24.3 Å². The van der Waals surface area contributed by atoms with Gasteiger partial charge in [0.05, 0.1) is 30.7 Å². The standard InChI is InChI=1S/C14H20N4O3/c1-19-9-10-20-7-4-8-21-13-11-5-2-3-6-12(11)16-14(17-13)18-15/h2-3,5-6H,4,7-10,15H2,1H3,(H,16,17,18). The smallest absolute Gasteiger partial charge is 0.241 e. The normalized spacial score (nSPS) is 10.8. The molecule has 3 N–H and O–H groups in total. The third-order valence-electron chi connectivity index (χ3n) is 2.80. The van der Waals surface area contributed by atoms with E-state index in [1.54, 1.807) is 7.11 Å². The molecule has 1 aromatic carbocycles. The molecule has 2 aromatic rings. The monoisotopic (exact) mass is 292 g/mol. The SMILES string of the molecule is COCCOCCCOc1nc(NN)nc2ccccc12. The molecule has 2 rings (SSSR count). The minimum absolute atomic E-state index is 0.333. The topological polar surface area (TPSA) is 91.5 Å². The number of nitrogen functional groups attached to an aromatic ring is 1. The number of nitrogens with one attached hydrogen (secondary N) is 1. The molecule has 1 aromatic heterocycles. The zero-order chi connectivity index (χ0) is 14.9. The van der Waals surface area contributed by atoms with Crippen LogP contribution in [0, 0.1) is 0 Å². The fraction of sp³-hybridized carbons (Fsp3) is 0.429. The average molecular weight is 292 g/mol. The maximum absolute atomic E-state index is 5.71. The number of fused-ring (bicyclic) bond motifs is 1. The second kappa shape index (κ2) is 8.35. The van der Waals surface area contributed by atoms with Gasteiger partial charge in [0.2, 0.25) is 11.8 Å². The summed E-state index contributed by atoms with van der Waals surface area (Å²) in [5.41, 5.74) is 3.23.